The Morgan fingerprint density at radius 1 is 1.24 bits per heavy atom. The van der Waals surface area contributed by atoms with Gasteiger partial charge in [-0.05, 0) is 48.1 Å². The summed E-state index contributed by atoms with van der Waals surface area (Å²) in [4.78, 5) is 15.9. The molecule has 2 N–H and O–H groups in total. The summed E-state index contributed by atoms with van der Waals surface area (Å²) in [6, 6.07) is 8.00. The lowest BCUT2D eigenvalue weighted by atomic mass is 10.1. The molecule has 1 aromatic carbocycles. The van der Waals surface area contributed by atoms with E-state index in [1.165, 1.54) is 10.4 Å². The topological polar surface area (TPSA) is 55.4 Å². The zero-order chi connectivity index (χ0) is 17.6. The fourth-order valence-corrected chi connectivity index (χ4v) is 3.71. The SMILES string of the molecule is CCC[NH2+]CC(=O)N(Cc1ccc2c(c1)OCO2)Cc1sccc1C. The van der Waals surface area contributed by atoms with Gasteiger partial charge < -0.3 is 19.7 Å². The molecule has 0 spiro atoms. The summed E-state index contributed by atoms with van der Waals surface area (Å²) in [5.74, 6) is 1.70. The Labute approximate surface area is 152 Å². The Morgan fingerprint density at radius 2 is 2.08 bits per heavy atom. The van der Waals surface area contributed by atoms with Crippen LogP contribution in [0.4, 0.5) is 0 Å². The Kier molecular flexibility index (Phi) is 5.94. The number of hydrogen-bond donors (Lipinski definition) is 1. The highest BCUT2D eigenvalue weighted by atomic mass is 32.1. The summed E-state index contributed by atoms with van der Waals surface area (Å²) < 4.78 is 10.8. The van der Waals surface area contributed by atoms with E-state index in [0.717, 1.165) is 30.0 Å². The maximum absolute atomic E-state index is 12.7. The van der Waals surface area contributed by atoms with Gasteiger partial charge in [0.05, 0.1) is 13.1 Å². The van der Waals surface area contributed by atoms with Crippen LogP contribution in [0, 0.1) is 6.92 Å². The molecule has 3 rings (SSSR count). The number of nitrogens with zero attached hydrogens (tertiary/aromatic N) is 1. The van der Waals surface area contributed by atoms with Gasteiger partial charge in [0, 0.05) is 11.4 Å². The van der Waals surface area contributed by atoms with Gasteiger partial charge in [-0.1, -0.05) is 13.0 Å². The average Bonchev–Trinajstić information content (AvgIpc) is 3.23. The average molecular weight is 361 g/mol. The van der Waals surface area contributed by atoms with E-state index < -0.39 is 0 Å². The van der Waals surface area contributed by atoms with Gasteiger partial charge >= 0.3 is 0 Å². The Morgan fingerprint density at radius 3 is 2.84 bits per heavy atom. The lowest BCUT2D eigenvalue weighted by molar-refractivity contribution is -0.644. The number of benzene rings is 1. The van der Waals surface area contributed by atoms with E-state index in [2.05, 4.69) is 30.6 Å². The highest BCUT2D eigenvalue weighted by Gasteiger charge is 2.19. The van der Waals surface area contributed by atoms with Crippen molar-refractivity contribution in [1.82, 2.24) is 4.90 Å². The van der Waals surface area contributed by atoms with Gasteiger partial charge in [0.15, 0.2) is 18.0 Å². The van der Waals surface area contributed by atoms with Gasteiger partial charge in [-0.15, -0.1) is 11.3 Å². The van der Waals surface area contributed by atoms with E-state index in [1.807, 2.05) is 23.1 Å². The van der Waals surface area contributed by atoms with Crippen molar-refractivity contribution in [2.75, 3.05) is 19.9 Å². The number of rotatable bonds is 8. The zero-order valence-electron chi connectivity index (χ0n) is 14.8. The zero-order valence-corrected chi connectivity index (χ0v) is 15.6. The van der Waals surface area contributed by atoms with Gasteiger partial charge in [0.25, 0.3) is 5.91 Å². The van der Waals surface area contributed by atoms with E-state index >= 15 is 0 Å². The van der Waals surface area contributed by atoms with Gasteiger partial charge in [0.2, 0.25) is 6.79 Å². The van der Waals surface area contributed by atoms with Crippen LogP contribution in [0.2, 0.25) is 0 Å². The van der Waals surface area contributed by atoms with Crippen LogP contribution in [0.25, 0.3) is 0 Å². The third kappa shape index (κ3) is 4.52. The minimum Gasteiger partial charge on any atom is -0.454 e. The first-order valence-corrected chi connectivity index (χ1v) is 9.56. The van der Waals surface area contributed by atoms with Gasteiger partial charge in [0.1, 0.15) is 0 Å². The molecular weight excluding hydrogens is 336 g/mol. The molecule has 0 fully saturated rings. The molecule has 5 nitrogen and oxygen atoms in total. The lowest BCUT2D eigenvalue weighted by Crippen LogP contribution is -2.86. The number of amides is 1. The summed E-state index contributed by atoms with van der Waals surface area (Å²) in [5.41, 5.74) is 2.30. The summed E-state index contributed by atoms with van der Waals surface area (Å²) in [6.07, 6.45) is 1.07. The number of hydrogen-bond acceptors (Lipinski definition) is 4. The number of ether oxygens (including phenoxy) is 2. The first-order valence-electron chi connectivity index (χ1n) is 8.68. The number of quaternary nitrogens is 1. The number of carbonyl (C=O) groups excluding carboxylic acids is 1. The molecule has 2 heterocycles. The molecule has 134 valence electrons. The second-order valence-electron chi connectivity index (χ2n) is 6.25. The fraction of sp³-hybridized carbons (Fsp3) is 0.421. The van der Waals surface area contributed by atoms with Gasteiger partial charge in [-0.2, -0.15) is 0 Å². The van der Waals surface area contributed by atoms with Crippen LogP contribution in [-0.2, 0) is 17.9 Å². The summed E-state index contributed by atoms with van der Waals surface area (Å²) >= 11 is 1.71. The van der Waals surface area contributed by atoms with E-state index in [0.29, 0.717) is 19.6 Å². The Hall–Kier alpha value is -2.05. The molecular formula is C19H25N2O3S+. The van der Waals surface area contributed by atoms with Crippen molar-refractivity contribution >= 4 is 17.2 Å². The van der Waals surface area contributed by atoms with Crippen LogP contribution in [0.5, 0.6) is 11.5 Å². The molecule has 0 atom stereocenters. The monoisotopic (exact) mass is 361 g/mol. The molecule has 0 saturated carbocycles. The normalized spacial score (nSPS) is 12.4. The highest BCUT2D eigenvalue weighted by molar-refractivity contribution is 7.10. The molecule has 2 aromatic rings. The van der Waals surface area contributed by atoms with E-state index in [4.69, 9.17) is 9.47 Å². The smallest absolute Gasteiger partial charge is 0.278 e. The fourth-order valence-electron chi connectivity index (χ4n) is 2.79. The highest BCUT2D eigenvalue weighted by Crippen LogP contribution is 2.33. The van der Waals surface area contributed by atoms with Crippen LogP contribution in [-0.4, -0.2) is 30.7 Å². The van der Waals surface area contributed by atoms with Crippen LogP contribution in [0.15, 0.2) is 29.6 Å². The van der Waals surface area contributed by atoms with E-state index in [9.17, 15) is 4.79 Å². The van der Waals surface area contributed by atoms with Crippen molar-refractivity contribution in [2.45, 2.75) is 33.4 Å². The molecule has 0 bridgehead atoms. The number of nitrogens with two attached hydrogens (primary N) is 1. The molecule has 0 aliphatic carbocycles. The third-order valence-corrected chi connectivity index (χ3v) is 5.29. The van der Waals surface area contributed by atoms with Crippen molar-refractivity contribution in [3.05, 3.63) is 45.6 Å². The Balaban J connectivity index is 1.73. The second-order valence-corrected chi connectivity index (χ2v) is 7.25. The first-order chi connectivity index (χ1) is 12.2. The van der Waals surface area contributed by atoms with Crippen molar-refractivity contribution in [3.8, 4) is 11.5 Å². The molecule has 6 heteroatoms. The number of thiophene rings is 1. The number of fused-ring (bicyclic) bond motifs is 1. The van der Waals surface area contributed by atoms with Crippen molar-refractivity contribution in [1.29, 1.82) is 0 Å². The quantitative estimate of drug-likeness (QED) is 0.734. The van der Waals surface area contributed by atoms with Gasteiger partial charge in [-0.3, -0.25) is 4.79 Å². The van der Waals surface area contributed by atoms with Crippen LogP contribution < -0.4 is 14.8 Å². The minimum absolute atomic E-state index is 0.166. The number of aryl methyl sites for hydroxylation is 1. The summed E-state index contributed by atoms with van der Waals surface area (Å²) in [5, 5.41) is 4.16. The molecule has 1 aromatic heterocycles. The predicted molar refractivity (Wildman–Crippen MR) is 97.8 cm³/mol. The third-order valence-electron chi connectivity index (χ3n) is 4.28. The molecule has 0 saturated heterocycles. The molecule has 25 heavy (non-hydrogen) atoms. The Bertz CT molecular complexity index is 729. The second kappa shape index (κ2) is 8.36. The van der Waals surface area contributed by atoms with Crippen LogP contribution in [0.3, 0.4) is 0 Å². The van der Waals surface area contributed by atoms with E-state index in [1.54, 1.807) is 11.3 Å². The standard InChI is InChI=1S/C19H24N2O3S/c1-3-7-20-10-19(22)21(12-18-14(2)6-8-25-18)11-15-4-5-16-17(9-15)24-13-23-16/h4-6,8-9,20H,3,7,10-13H2,1-2H3/p+1. The molecule has 0 unspecified atom stereocenters. The van der Waals surface area contributed by atoms with Crippen LogP contribution in [0.1, 0.15) is 29.3 Å². The summed E-state index contributed by atoms with van der Waals surface area (Å²) in [7, 11) is 0. The molecule has 1 aliphatic heterocycles. The maximum Gasteiger partial charge on any atom is 0.278 e. The molecule has 0 radical (unpaired) electrons. The largest absolute Gasteiger partial charge is 0.454 e. The predicted octanol–water partition coefficient (Wildman–Crippen LogP) is 2.29. The van der Waals surface area contributed by atoms with Crippen LogP contribution >= 0.6 is 11.3 Å². The summed E-state index contributed by atoms with van der Waals surface area (Å²) in [6.45, 7) is 7.18. The molecule has 1 amide bonds. The minimum atomic E-state index is 0.166. The van der Waals surface area contributed by atoms with E-state index in [-0.39, 0.29) is 12.7 Å². The lowest BCUT2D eigenvalue weighted by Gasteiger charge is -2.22. The van der Waals surface area contributed by atoms with Crippen molar-refractivity contribution in [3.63, 3.8) is 0 Å². The van der Waals surface area contributed by atoms with Crippen molar-refractivity contribution < 1.29 is 19.6 Å². The number of carbonyl (C=O) groups is 1. The maximum atomic E-state index is 12.7. The van der Waals surface area contributed by atoms with Gasteiger partial charge in [-0.25, -0.2) is 0 Å². The first kappa shape index (κ1) is 17.8. The van der Waals surface area contributed by atoms with Crippen molar-refractivity contribution in [2.24, 2.45) is 0 Å². The molecule has 1 aliphatic rings.